The average Bonchev–Trinajstić information content (AvgIpc) is 3.23. The van der Waals surface area contributed by atoms with Crippen molar-refractivity contribution in [3.05, 3.63) is 87.9 Å². The maximum atomic E-state index is 10.7. The molecule has 0 radical (unpaired) electrons. The van der Waals surface area contributed by atoms with Gasteiger partial charge in [0.05, 0.1) is 11.1 Å². The highest BCUT2D eigenvalue weighted by molar-refractivity contribution is 7.09. The maximum absolute atomic E-state index is 10.7. The highest BCUT2D eigenvalue weighted by Crippen LogP contribution is 2.30. The molecule has 3 aromatic rings. The van der Waals surface area contributed by atoms with Crippen LogP contribution < -0.4 is 0 Å². The summed E-state index contributed by atoms with van der Waals surface area (Å²) in [5.74, 6) is 1.04. The van der Waals surface area contributed by atoms with Gasteiger partial charge in [0.2, 0.25) is 0 Å². The molecule has 0 aliphatic heterocycles. The molecule has 4 atom stereocenters. The third-order valence-electron chi connectivity index (χ3n) is 5.50. The first-order valence-corrected chi connectivity index (χ1v) is 10.6. The van der Waals surface area contributed by atoms with Crippen molar-refractivity contribution in [2.75, 3.05) is 0 Å². The lowest BCUT2D eigenvalue weighted by molar-refractivity contribution is 0.0872. The van der Waals surface area contributed by atoms with Crippen LogP contribution in [0.2, 0.25) is 0 Å². The van der Waals surface area contributed by atoms with Crippen molar-refractivity contribution in [1.29, 1.82) is 0 Å². The van der Waals surface area contributed by atoms with Crippen LogP contribution >= 0.6 is 11.3 Å². The number of rotatable bonds is 8. The smallest absolute Gasteiger partial charge is 0.0956 e. The molecule has 0 saturated heterocycles. The Morgan fingerprint density at radius 1 is 0.926 bits per heavy atom. The Morgan fingerprint density at radius 2 is 1.63 bits per heavy atom. The van der Waals surface area contributed by atoms with E-state index in [1.54, 1.807) is 11.3 Å². The molecule has 0 fully saturated rings. The molecule has 1 heterocycles. The molecule has 4 unspecified atom stereocenters. The summed E-state index contributed by atoms with van der Waals surface area (Å²) in [5.41, 5.74) is 3.71. The summed E-state index contributed by atoms with van der Waals surface area (Å²) in [4.78, 5) is 4.45. The number of thiazole rings is 1. The lowest BCUT2D eigenvalue weighted by atomic mass is 9.83. The van der Waals surface area contributed by atoms with Crippen molar-refractivity contribution in [1.82, 2.24) is 4.98 Å². The van der Waals surface area contributed by atoms with Crippen LogP contribution in [0.25, 0.3) is 0 Å². The third kappa shape index (κ3) is 5.27. The van der Waals surface area contributed by atoms with Crippen molar-refractivity contribution < 1.29 is 5.11 Å². The Balaban J connectivity index is 1.63. The fourth-order valence-electron chi connectivity index (χ4n) is 3.62. The molecule has 1 N–H and O–H groups in total. The van der Waals surface area contributed by atoms with Crippen LogP contribution in [0.5, 0.6) is 0 Å². The Labute approximate surface area is 166 Å². The normalized spacial score (nSPS) is 15.9. The van der Waals surface area contributed by atoms with E-state index in [1.165, 1.54) is 16.1 Å². The predicted molar refractivity (Wildman–Crippen MR) is 114 cm³/mol. The fraction of sp³-hybridized carbons (Fsp3) is 0.375. The van der Waals surface area contributed by atoms with E-state index in [9.17, 15) is 5.11 Å². The van der Waals surface area contributed by atoms with Crippen LogP contribution in [0.15, 0.2) is 66.2 Å². The van der Waals surface area contributed by atoms with Gasteiger partial charge in [-0.3, -0.25) is 0 Å². The van der Waals surface area contributed by atoms with E-state index in [2.05, 4.69) is 50.0 Å². The highest BCUT2D eigenvalue weighted by atomic mass is 32.1. The maximum Gasteiger partial charge on any atom is 0.0956 e. The van der Waals surface area contributed by atoms with Crippen molar-refractivity contribution >= 4 is 11.3 Å². The summed E-state index contributed by atoms with van der Waals surface area (Å²) in [6, 6.07) is 18.9. The van der Waals surface area contributed by atoms with Crippen molar-refractivity contribution in [3.63, 3.8) is 0 Å². The quantitative estimate of drug-likeness (QED) is 0.518. The standard InChI is InChI=1S/C24H29NOS/c1-17(19(3)23(26)22-10-5-4-6-11-22)14-20-8-7-9-21(16-20)15-18(2)24-25-12-13-27-24/h4-13,16-19,23,26H,14-15H2,1-3H3. The van der Waals surface area contributed by atoms with Gasteiger partial charge in [0, 0.05) is 17.5 Å². The van der Waals surface area contributed by atoms with E-state index in [0.717, 1.165) is 18.4 Å². The lowest BCUT2D eigenvalue weighted by Gasteiger charge is -2.26. The minimum Gasteiger partial charge on any atom is -0.388 e. The van der Waals surface area contributed by atoms with Gasteiger partial charge in [-0.1, -0.05) is 75.4 Å². The summed E-state index contributed by atoms with van der Waals surface area (Å²) in [5, 5.41) is 14.0. The van der Waals surface area contributed by atoms with Gasteiger partial charge in [-0.15, -0.1) is 11.3 Å². The number of hydrogen-bond donors (Lipinski definition) is 1. The van der Waals surface area contributed by atoms with Gasteiger partial charge in [-0.2, -0.15) is 0 Å². The topological polar surface area (TPSA) is 33.1 Å². The first-order valence-electron chi connectivity index (χ1n) is 9.74. The molecule has 0 bridgehead atoms. The zero-order valence-corrected chi connectivity index (χ0v) is 17.2. The van der Waals surface area contributed by atoms with Gasteiger partial charge >= 0.3 is 0 Å². The Morgan fingerprint density at radius 3 is 2.30 bits per heavy atom. The van der Waals surface area contributed by atoms with Gasteiger partial charge in [0.15, 0.2) is 0 Å². The number of aliphatic hydroxyl groups excluding tert-OH is 1. The first-order chi connectivity index (χ1) is 13.0. The Bertz CT molecular complexity index is 815. The van der Waals surface area contributed by atoms with E-state index < -0.39 is 6.10 Å². The van der Waals surface area contributed by atoms with Gasteiger partial charge in [0.1, 0.15) is 0 Å². The minimum absolute atomic E-state index is 0.199. The SMILES string of the molecule is CC(Cc1cccc(CC(C)C(C)C(O)c2ccccc2)c1)c1nccs1. The number of aliphatic hydroxyl groups is 1. The minimum atomic E-state index is -0.422. The van der Waals surface area contributed by atoms with Crippen LogP contribution in [0.3, 0.4) is 0 Å². The van der Waals surface area contributed by atoms with Crippen LogP contribution in [0, 0.1) is 11.8 Å². The van der Waals surface area contributed by atoms with Crippen molar-refractivity contribution in [2.45, 2.75) is 45.6 Å². The van der Waals surface area contributed by atoms with Crippen LogP contribution in [0.1, 0.15) is 54.5 Å². The Hall–Kier alpha value is -1.97. The molecular weight excluding hydrogens is 350 g/mol. The monoisotopic (exact) mass is 379 g/mol. The van der Waals surface area contributed by atoms with Crippen LogP contribution in [0.4, 0.5) is 0 Å². The van der Waals surface area contributed by atoms with Crippen LogP contribution in [-0.4, -0.2) is 10.1 Å². The molecule has 0 amide bonds. The molecule has 0 aliphatic carbocycles. The van der Waals surface area contributed by atoms with Gasteiger partial charge in [-0.25, -0.2) is 4.98 Å². The van der Waals surface area contributed by atoms with E-state index in [4.69, 9.17) is 0 Å². The molecule has 0 aliphatic rings. The average molecular weight is 380 g/mol. The third-order valence-corrected chi connectivity index (χ3v) is 6.51. The number of aromatic nitrogens is 1. The van der Waals surface area contributed by atoms with Gasteiger partial charge in [-0.05, 0) is 41.4 Å². The molecule has 1 aromatic heterocycles. The molecule has 2 aromatic carbocycles. The van der Waals surface area contributed by atoms with E-state index in [-0.39, 0.29) is 5.92 Å². The van der Waals surface area contributed by atoms with Gasteiger partial charge in [0.25, 0.3) is 0 Å². The number of nitrogens with zero attached hydrogens (tertiary/aromatic N) is 1. The summed E-state index contributed by atoms with van der Waals surface area (Å²) in [7, 11) is 0. The molecular formula is C24H29NOS. The zero-order chi connectivity index (χ0) is 19.2. The molecule has 3 heteroatoms. The summed E-state index contributed by atoms with van der Waals surface area (Å²) in [6.45, 7) is 6.63. The summed E-state index contributed by atoms with van der Waals surface area (Å²) >= 11 is 1.73. The number of benzene rings is 2. The summed E-state index contributed by atoms with van der Waals surface area (Å²) in [6.07, 6.45) is 3.45. The van der Waals surface area contributed by atoms with Crippen molar-refractivity contribution in [3.8, 4) is 0 Å². The molecule has 0 saturated carbocycles. The second-order valence-corrected chi connectivity index (χ2v) is 8.62. The van der Waals surface area contributed by atoms with E-state index in [0.29, 0.717) is 11.8 Å². The zero-order valence-electron chi connectivity index (χ0n) is 16.4. The molecule has 0 spiro atoms. The van der Waals surface area contributed by atoms with Crippen molar-refractivity contribution in [2.24, 2.45) is 11.8 Å². The van der Waals surface area contributed by atoms with E-state index >= 15 is 0 Å². The predicted octanol–water partition coefficient (Wildman–Crippen LogP) is 6.04. The highest BCUT2D eigenvalue weighted by Gasteiger charge is 2.22. The fourth-order valence-corrected chi connectivity index (χ4v) is 4.32. The first kappa shape index (κ1) is 19.8. The lowest BCUT2D eigenvalue weighted by Crippen LogP contribution is -2.19. The van der Waals surface area contributed by atoms with Crippen LogP contribution in [-0.2, 0) is 12.8 Å². The second-order valence-electron chi connectivity index (χ2n) is 7.69. The molecule has 142 valence electrons. The second kappa shape index (κ2) is 9.29. The number of hydrogen-bond acceptors (Lipinski definition) is 3. The molecule has 27 heavy (non-hydrogen) atoms. The Kier molecular flexibility index (Phi) is 6.81. The van der Waals surface area contributed by atoms with Gasteiger partial charge < -0.3 is 5.11 Å². The largest absolute Gasteiger partial charge is 0.388 e. The molecule has 2 nitrogen and oxygen atoms in total. The molecule has 3 rings (SSSR count). The van der Waals surface area contributed by atoms with E-state index in [1.807, 2.05) is 41.9 Å². The summed E-state index contributed by atoms with van der Waals surface area (Å²) < 4.78 is 0.